The number of hydrogen-bond acceptors (Lipinski definition) is 7. The third kappa shape index (κ3) is 5.34. The van der Waals surface area contributed by atoms with E-state index in [4.69, 9.17) is 0 Å². The van der Waals surface area contributed by atoms with Crippen LogP contribution in [-0.4, -0.2) is 54.1 Å². The van der Waals surface area contributed by atoms with Crippen LogP contribution in [0, 0.1) is 5.82 Å². The van der Waals surface area contributed by atoms with Gasteiger partial charge in [-0.05, 0) is 24.3 Å². The van der Waals surface area contributed by atoms with Gasteiger partial charge in [-0.3, -0.25) is 9.29 Å². The molecule has 1 aliphatic heterocycles. The van der Waals surface area contributed by atoms with E-state index in [9.17, 15) is 26.0 Å². The molecule has 184 valence electrons. The lowest BCUT2D eigenvalue weighted by Crippen LogP contribution is -2.51. The van der Waals surface area contributed by atoms with Crippen molar-refractivity contribution in [3.63, 3.8) is 0 Å². The van der Waals surface area contributed by atoms with Gasteiger partial charge in [0.15, 0.2) is 0 Å². The molecule has 1 saturated heterocycles. The highest BCUT2D eigenvalue weighted by Crippen LogP contribution is 2.31. The summed E-state index contributed by atoms with van der Waals surface area (Å²) in [5.41, 5.74) is 0.167. The number of nitrogens with one attached hydrogen (secondary N) is 1. The van der Waals surface area contributed by atoms with Crippen LogP contribution in [0.1, 0.15) is 18.9 Å². The number of hydrogen-bond donors (Lipinski definition) is 1. The number of halogens is 4. The fraction of sp³-hybridized carbons (Fsp3) is 0.350. The third-order valence-electron chi connectivity index (χ3n) is 4.90. The number of alkyl halides is 3. The minimum Gasteiger partial charge on any atom is -0.413 e. The highest BCUT2D eigenvalue weighted by atomic mass is 32.2. The highest BCUT2D eigenvalue weighted by molar-refractivity contribution is 7.90. The first-order valence-corrected chi connectivity index (χ1v) is 11.1. The second-order valence-electron chi connectivity index (χ2n) is 7.09. The summed E-state index contributed by atoms with van der Waals surface area (Å²) in [7, 11) is -4.01. The predicted octanol–water partition coefficient (Wildman–Crippen LogP) is 3.08. The number of benzene rings is 1. The monoisotopic (exact) mass is 502 g/mol. The summed E-state index contributed by atoms with van der Waals surface area (Å²) in [6, 6.07) is 6.56. The second kappa shape index (κ2) is 10.0. The van der Waals surface area contributed by atoms with Crippen molar-refractivity contribution in [3.8, 4) is 11.5 Å². The maximum absolute atomic E-state index is 14.9. The Hall–Kier alpha value is -3.10. The standard InChI is InChI=1S/C19H18F4N6O3S.CH4/c20-16-10-13(17-26-27-18(32-17)19(21,22)23)3-4-14(16)12-29(15-2-1-5-25-11-15)33(30,31)28-8-6-24-7-9-28;/h1-5,10-11,24H,6-9,12H2;1H4. The molecule has 0 saturated carbocycles. The summed E-state index contributed by atoms with van der Waals surface area (Å²) in [6.07, 6.45) is -2.00. The van der Waals surface area contributed by atoms with Crippen molar-refractivity contribution in [1.82, 2.24) is 24.8 Å². The first-order valence-electron chi connectivity index (χ1n) is 9.74. The normalized spacial score (nSPS) is 15.1. The zero-order valence-electron chi connectivity index (χ0n) is 17.0. The molecular weight excluding hydrogens is 480 g/mol. The van der Waals surface area contributed by atoms with Gasteiger partial charge < -0.3 is 9.73 Å². The molecule has 0 bridgehead atoms. The molecule has 1 aliphatic rings. The van der Waals surface area contributed by atoms with Gasteiger partial charge in [0.05, 0.1) is 18.4 Å². The van der Waals surface area contributed by atoms with Crippen molar-refractivity contribution in [3.05, 3.63) is 60.0 Å². The molecule has 14 heteroatoms. The molecule has 1 fully saturated rings. The molecule has 1 N–H and O–H groups in total. The van der Waals surface area contributed by atoms with E-state index in [2.05, 4.69) is 24.9 Å². The molecule has 0 spiro atoms. The van der Waals surface area contributed by atoms with E-state index in [-0.39, 0.29) is 43.9 Å². The fourth-order valence-corrected chi connectivity index (χ4v) is 4.84. The summed E-state index contributed by atoms with van der Waals surface area (Å²) in [6.45, 7) is 1.10. The summed E-state index contributed by atoms with van der Waals surface area (Å²) in [5.74, 6) is -2.90. The van der Waals surface area contributed by atoms with E-state index in [1.807, 2.05) is 0 Å². The van der Waals surface area contributed by atoms with E-state index in [1.54, 1.807) is 6.07 Å². The van der Waals surface area contributed by atoms with E-state index in [1.165, 1.54) is 34.9 Å². The molecule has 0 amide bonds. The van der Waals surface area contributed by atoms with E-state index >= 15 is 0 Å². The van der Waals surface area contributed by atoms with Gasteiger partial charge in [0.2, 0.25) is 5.89 Å². The molecular formula is C20H22F4N6O3S. The maximum atomic E-state index is 14.9. The average molecular weight is 502 g/mol. The van der Waals surface area contributed by atoms with Crippen LogP contribution >= 0.6 is 0 Å². The maximum Gasteiger partial charge on any atom is 0.470 e. The number of nitrogens with zero attached hydrogens (tertiary/aromatic N) is 5. The van der Waals surface area contributed by atoms with E-state index < -0.39 is 34.0 Å². The Morgan fingerprint density at radius 2 is 1.88 bits per heavy atom. The molecule has 1 aromatic carbocycles. The Morgan fingerprint density at radius 1 is 1.15 bits per heavy atom. The van der Waals surface area contributed by atoms with Crippen molar-refractivity contribution >= 4 is 15.9 Å². The molecule has 0 aliphatic carbocycles. The van der Waals surface area contributed by atoms with Crippen molar-refractivity contribution in [2.24, 2.45) is 0 Å². The predicted molar refractivity (Wildman–Crippen MR) is 115 cm³/mol. The van der Waals surface area contributed by atoms with Crippen molar-refractivity contribution < 1.29 is 30.4 Å². The minimum absolute atomic E-state index is 0. The van der Waals surface area contributed by atoms with Gasteiger partial charge in [0.25, 0.3) is 0 Å². The number of pyridine rings is 1. The molecule has 0 unspecified atom stereocenters. The Balaban J connectivity index is 0.00000324. The average Bonchev–Trinajstić information content (AvgIpc) is 3.30. The summed E-state index contributed by atoms with van der Waals surface area (Å²) < 4.78 is 86.5. The van der Waals surface area contributed by atoms with Crippen LogP contribution in [0.25, 0.3) is 11.5 Å². The first-order chi connectivity index (χ1) is 15.7. The molecule has 3 heterocycles. The number of piperazine rings is 1. The smallest absolute Gasteiger partial charge is 0.413 e. The van der Waals surface area contributed by atoms with Crippen LogP contribution in [0.3, 0.4) is 0 Å². The van der Waals surface area contributed by atoms with Crippen molar-refractivity contribution in [1.29, 1.82) is 0 Å². The molecule has 2 aromatic heterocycles. The van der Waals surface area contributed by atoms with Crippen LogP contribution in [-0.2, 0) is 22.9 Å². The van der Waals surface area contributed by atoms with Gasteiger partial charge in [0, 0.05) is 43.5 Å². The fourth-order valence-electron chi connectivity index (χ4n) is 3.24. The Kier molecular flexibility index (Phi) is 7.53. The second-order valence-corrected chi connectivity index (χ2v) is 8.94. The quantitative estimate of drug-likeness (QED) is 0.517. The lowest BCUT2D eigenvalue weighted by Gasteiger charge is -2.33. The highest BCUT2D eigenvalue weighted by Gasteiger charge is 2.38. The molecule has 4 rings (SSSR count). The number of anilines is 1. The molecule has 0 radical (unpaired) electrons. The van der Waals surface area contributed by atoms with Crippen LogP contribution in [0.5, 0.6) is 0 Å². The van der Waals surface area contributed by atoms with E-state index in [0.717, 1.165) is 10.4 Å². The topological polar surface area (TPSA) is 104 Å². The van der Waals surface area contributed by atoms with Gasteiger partial charge in [0.1, 0.15) is 5.82 Å². The van der Waals surface area contributed by atoms with Crippen molar-refractivity contribution in [2.45, 2.75) is 20.1 Å². The summed E-state index contributed by atoms with van der Waals surface area (Å²) in [4.78, 5) is 3.95. The van der Waals surface area contributed by atoms with Crippen LogP contribution < -0.4 is 9.62 Å². The Labute approximate surface area is 193 Å². The molecule has 0 atom stereocenters. The van der Waals surface area contributed by atoms with Crippen LogP contribution in [0.4, 0.5) is 23.2 Å². The van der Waals surface area contributed by atoms with Crippen LogP contribution in [0.15, 0.2) is 47.1 Å². The minimum atomic E-state index is -4.83. The summed E-state index contributed by atoms with van der Waals surface area (Å²) in [5, 5.41) is 9.29. The van der Waals surface area contributed by atoms with Gasteiger partial charge in [-0.2, -0.15) is 25.9 Å². The zero-order valence-corrected chi connectivity index (χ0v) is 17.8. The Bertz CT molecular complexity index is 1210. The molecule has 34 heavy (non-hydrogen) atoms. The van der Waals surface area contributed by atoms with Gasteiger partial charge in [-0.25, -0.2) is 4.39 Å². The largest absolute Gasteiger partial charge is 0.470 e. The SMILES string of the molecule is C.O=S(=O)(N1CCNCC1)N(Cc1ccc(-c2nnc(C(F)(F)F)o2)cc1F)c1cccnc1. The number of aromatic nitrogens is 3. The Morgan fingerprint density at radius 3 is 2.47 bits per heavy atom. The number of rotatable bonds is 6. The first kappa shape index (κ1) is 25.5. The molecule has 9 nitrogen and oxygen atoms in total. The van der Waals surface area contributed by atoms with E-state index in [0.29, 0.717) is 13.1 Å². The van der Waals surface area contributed by atoms with Gasteiger partial charge in [-0.15, -0.1) is 10.2 Å². The third-order valence-corrected chi connectivity index (χ3v) is 6.81. The van der Waals surface area contributed by atoms with Gasteiger partial charge in [-0.1, -0.05) is 13.5 Å². The lowest BCUT2D eigenvalue weighted by atomic mass is 10.1. The summed E-state index contributed by atoms with van der Waals surface area (Å²) >= 11 is 0. The van der Waals surface area contributed by atoms with Crippen molar-refractivity contribution in [2.75, 3.05) is 30.5 Å². The molecule has 3 aromatic rings. The van der Waals surface area contributed by atoms with Gasteiger partial charge >= 0.3 is 22.3 Å². The lowest BCUT2D eigenvalue weighted by molar-refractivity contribution is -0.156. The van der Waals surface area contributed by atoms with Crippen LogP contribution in [0.2, 0.25) is 0 Å². The zero-order chi connectivity index (χ0) is 23.6.